The molecule has 0 aliphatic heterocycles. The van der Waals surface area contributed by atoms with Crippen molar-refractivity contribution in [2.45, 2.75) is 13.8 Å². The first-order valence-electron chi connectivity index (χ1n) is 17.7. The number of fused-ring (bicyclic) bond motifs is 5. The maximum absolute atomic E-state index is 6.56. The van der Waals surface area contributed by atoms with Gasteiger partial charge < -0.3 is 4.42 Å². The first kappa shape index (κ1) is 31.8. The minimum absolute atomic E-state index is 0.864. The van der Waals surface area contributed by atoms with Crippen LogP contribution in [0.25, 0.3) is 100 Å². The van der Waals surface area contributed by atoms with E-state index in [1.165, 1.54) is 43.8 Å². The molecule has 9 rings (SSSR count). The molecule has 1 nitrogen and oxygen atoms in total. The Morgan fingerprint density at radius 3 is 1.61 bits per heavy atom. The molecule has 0 bridgehead atoms. The van der Waals surface area contributed by atoms with Crippen LogP contribution in [0.15, 0.2) is 175 Å². The predicted molar refractivity (Wildman–Crippen MR) is 222 cm³/mol. The fraction of sp³-hybridized carbons (Fsp3) is 0.0400. The normalized spacial score (nSPS) is 11.1. The lowest BCUT2D eigenvalue weighted by Gasteiger charge is -2.19. The van der Waals surface area contributed by atoms with E-state index in [0.717, 1.165) is 55.3 Å². The Balaban J connectivity index is 0.00000184. The van der Waals surface area contributed by atoms with Crippen molar-refractivity contribution >= 4 is 55.6 Å². The number of furan rings is 1. The Labute approximate surface area is 299 Å². The third-order valence-electron chi connectivity index (χ3n) is 9.80. The van der Waals surface area contributed by atoms with Gasteiger partial charge in [-0.25, -0.2) is 0 Å². The van der Waals surface area contributed by atoms with E-state index >= 15 is 0 Å². The van der Waals surface area contributed by atoms with Gasteiger partial charge in [0.2, 0.25) is 0 Å². The Morgan fingerprint density at radius 1 is 0.431 bits per heavy atom. The molecular weight excluding hydrogens is 617 g/mol. The van der Waals surface area contributed by atoms with Crippen LogP contribution in [-0.2, 0) is 0 Å². The van der Waals surface area contributed by atoms with Crippen molar-refractivity contribution in [3.63, 3.8) is 0 Å². The van der Waals surface area contributed by atoms with Crippen LogP contribution < -0.4 is 0 Å². The van der Waals surface area contributed by atoms with Crippen LogP contribution in [0.5, 0.6) is 0 Å². The summed E-state index contributed by atoms with van der Waals surface area (Å²) in [5.74, 6) is 0. The molecule has 1 heteroatoms. The molecule has 0 amide bonds. The summed E-state index contributed by atoms with van der Waals surface area (Å²) in [6.45, 7) is 12.3. The van der Waals surface area contributed by atoms with Gasteiger partial charge in [0.1, 0.15) is 11.2 Å². The van der Waals surface area contributed by atoms with Crippen LogP contribution in [0.4, 0.5) is 0 Å². The van der Waals surface area contributed by atoms with Gasteiger partial charge in [-0.3, -0.25) is 0 Å². The van der Waals surface area contributed by atoms with Crippen LogP contribution in [0.1, 0.15) is 25.0 Å². The molecule has 0 saturated heterocycles. The number of para-hydroxylation sites is 1. The van der Waals surface area contributed by atoms with E-state index in [2.05, 4.69) is 159 Å². The molecule has 0 fully saturated rings. The summed E-state index contributed by atoms with van der Waals surface area (Å²) >= 11 is 0. The SMILES string of the molecule is C=Cc1cc(-c2cccc(-c3ccc4c(-c5ccccc5)c5ccccc5c(-c5ccccc5)c4c3)c2)c2oc3ccccc3c2c1C=C.CC. The van der Waals surface area contributed by atoms with Gasteiger partial charge in [-0.15, -0.1) is 0 Å². The van der Waals surface area contributed by atoms with Crippen molar-refractivity contribution in [3.05, 3.63) is 182 Å². The van der Waals surface area contributed by atoms with Gasteiger partial charge in [0, 0.05) is 16.3 Å². The third-order valence-corrected chi connectivity index (χ3v) is 9.80. The molecule has 51 heavy (non-hydrogen) atoms. The van der Waals surface area contributed by atoms with E-state index < -0.39 is 0 Å². The molecule has 1 heterocycles. The Hall–Kier alpha value is -6.44. The smallest absolute Gasteiger partial charge is 0.143 e. The second-order valence-corrected chi connectivity index (χ2v) is 12.5. The van der Waals surface area contributed by atoms with E-state index in [9.17, 15) is 0 Å². The average molecular weight is 655 g/mol. The highest BCUT2D eigenvalue weighted by Gasteiger charge is 2.20. The zero-order valence-corrected chi connectivity index (χ0v) is 29.0. The summed E-state index contributed by atoms with van der Waals surface area (Å²) in [6.07, 6.45) is 3.82. The van der Waals surface area contributed by atoms with Crippen LogP contribution >= 0.6 is 0 Å². The molecule has 0 atom stereocenters. The van der Waals surface area contributed by atoms with Gasteiger partial charge in [-0.1, -0.05) is 173 Å². The minimum atomic E-state index is 0.864. The zero-order chi connectivity index (χ0) is 34.9. The lowest BCUT2D eigenvalue weighted by atomic mass is 9.84. The van der Waals surface area contributed by atoms with Crippen LogP contribution in [0.3, 0.4) is 0 Å². The van der Waals surface area contributed by atoms with Gasteiger partial charge in [0.05, 0.1) is 0 Å². The molecule has 0 radical (unpaired) electrons. The number of hydrogen-bond donors (Lipinski definition) is 0. The van der Waals surface area contributed by atoms with Gasteiger partial charge >= 0.3 is 0 Å². The predicted octanol–water partition coefficient (Wildman–Crippen LogP) is 14.9. The number of rotatable bonds is 6. The van der Waals surface area contributed by atoms with E-state index in [-0.39, 0.29) is 0 Å². The second-order valence-electron chi connectivity index (χ2n) is 12.5. The molecule has 0 spiro atoms. The van der Waals surface area contributed by atoms with Crippen molar-refractivity contribution in [3.8, 4) is 44.5 Å². The van der Waals surface area contributed by atoms with Crippen molar-refractivity contribution in [1.82, 2.24) is 0 Å². The molecule has 9 aromatic rings. The average Bonchev–Trinajstić information content (AvgIpc) is 3.60. The van der Waals surface area contributed by atoms with Crippen molar-refractivity contribution < 1.29 is 4.42 Å². The maximum atomic E-state index is 6.56. The largest absolute Gasteiger partial charge is 0.455 e. The molecule has 0 saturated carbocycles. The summed E-state index contributed by atoms with van der Waals surface area (Å²) in [5.41, 5.74) is 13.2. The first-order valence-corrected chi connectivity index (χ1v) is 17.7. The van der Waals surface area contributed by atoms with Gasteiger partial charge in [0.15, 0.2) is 0 Å². The maximum Gasteiger partial charge on any atom is 0.143 e. The Morgan fingerprint density at radius 2 is 0.961 bits per heavy atom. The van der Waals surface area contributed by atoms with Gasteiger partial charge in [-0.05, 0) is 95.9 Å². The third kappa shape index (κ3) is 5.35. The van der Waals surface area contributed by atoms with E-state index in [0.29, 0.717) is 0 Å². The fourth-order valence-corrected chi connectivity index (χ4v) is 7.60. The summed E-state index contributed by atoms with van der Waals surface area (Å²) in [7, 11) is 0. The summed E-state index contributed by atoms with van der Waals surface area (Å²) < 4.78 is 6.56. The summed E-state index contributed by atoms with van der Waals surface area (Å²) in [4.78, 5) is 0. The second kappa shape index (κ2) is 13.5. The molecule has 0 aliphatic rings. The molecular formula is C50H38O. The topological polar surface area (TPSA) is 13.1 Å². The van der Waals surface area contributed by atoms with Crippen molar-refractivity contribution in [1.29, 1.82) is 0 Å². The molecule has 244 valence electrons. The molecule has 0 unspecified atom stereocenters. The van der Waals surface area contributed by atoms with Crippen LogP contribution in [0.2, 0.25) is 0 Å². The van der Waals surface area contributed by atoms with E-state index in [4.69, 9.17) is 4.42 Å². The van der Waals surface area contributed by atoms with Gasteiger partial charge in [-0.2, -0.15) is 0 Å². The molecule has 0 N–H and O–H groups in total. The molecule has 8 aromatic carbocycles. The van der Waals surface area contributed by atoms with Crippen molar-refractivity contribution in [2.75, 3.05) is 0 Å². The monoisotopic (exact) mass is 654 g/mol. The highest BCUT2D eigenvalue weighted by molar-refractivity contribution is 6.22. The summed E-state index contributed by atoms with van der Waals surface area (Å²) in [5, 5.41) is 7.13. The van der Waals surface area contributed by atoms with Crippen LogP contribution in [0, 0.1) is 0 Å². The first-order chi connectivity index (χ1) is 25.2. The Bertz CT molecular complexity index is 2730. The quantitative estimate of drug-likeness (QED) is 0.163. The van der Waals surface area contributed by atoms with Crippen LogP contribution in [-0.4, -0.2) is 0 Å². The molecule has 1 aromatic heterocycles. The highest BCUT2D eigenvalue weighted by Crippen LogP contribution is 2.46. The molecule has 0 aliphatic carbocycles. The van der Waals surface area contributed by atoms with E-state index in [1.54, 1.807) is 0 Å². The van der Waals surface area contributed by atoms with Gasteiger partial charge in [0.25, 0.3) is 0 Å². The summed E-state index contributed by atoms with van der Waals surface area (Å²) in [6, 6.07) is 56.5. The zero-order valence-electron chi connectivity index (χ0n) is 29.0. The fourth-order valence-electron chi connectivity index (χ4n) is 7.60. The standard InChI is InChI=1S/C48H32O.C2H6/c1-3-31-29-42(48-47(37(31)4-2)41-24-13-14-25-44(41)49-48)36-21-15-20-34(28-36)35-26-27-40-43(30-35)46(33-18-9-6-10-19-33)39-23-12-11-22-38(39)45(40)32-16-7-5-8-17-32;1-2/h3-30H,1-2H2;1-2H3. The Kier molecular flexibility index (Phi) is 8.39. The lowest BCUT2D eigenvalue weighted by molar-refractivity contribution is 0.670. The minimum Gasteiger partial charge on any atom is -0.455 e. The van der Waals surface area contributed by atoms with Crippen molar-refractivity contribution in [2.24, 2.45) is 0 Å². The number of hydrogen-bond acceptors (Lipinski definition) is 1. The highest BCUT2D eigenvalue weighted by atomic mass is 16.3. The van der Waals surface area contributed by atoms with E-state index in [1.807, 2.05) is 38.1 Å². The number of benzene rings is 8. The lowest BCUT2D eigenvalue weighted by Crippen LogP contribution is -1.92.